The summed E-state index contributed by atoms with van der Waals surface area (Å²) >= 11 is 9.82. The maximum atomic E-state index is 11.8. The molecule has 1 N–H and O–H groups in total. The van der Waals surface area contributed by atoms with E-state index in [1.807, 2.05) is 25.2 Å². The highest BCUT2D eigenvalue weighted by Crippen LogP contribution is 2.39. The predicted molar refractivity (Wildman–Crippen MR) is 91.5 cm³/mol. The fourth-order valence-electron chi connectivity index (χ4n) is 3.27. The van der Waals surface area contributed by atoms with E-state index in [0.717, 1.165) is 34.3 Å². The largest absolute Gasteiger partial charge is 0.313 e. The van der Waals surface area contributed by atoms with Gasteiger partial charge in [0.15, 0.2) is 0 Å². The first-order valence-electron chi connectivity index (χ1n) is 7.14. The minimum absolute atomic E-state index is 0.0829. The third-order valence-corrected chi connectivity index (χ3v) is 6.82. The summed E-state index contributed by atoms with van der Waals surface area (Å²) in [5.74, 6) is 0.287. The molecule has 0 bridgehead atoms. The van der Waals surface area contributed by atoms with Crippen molar-refractivity contribution in [1.82, 2.24) is 5.32 Å². The lowest BCUT2D eigenvalue weighted by atomic mass is 9.81. The second-order valence-electron chi connectivity index (χ2n) is 5.81. The molecule has 1 aromatic rings. The van der Waals surface area contributed by atoms with E-state index in [1.54, 1.807) is 0 Å². The molecular formula is C15H21BrClNO2S. The Hall–Kier alpha value is -0.100. The molecule has 1 aromatic carbocycles. The molecule has 21 heavy (non-hydrogen) atoms. The number of halogens is 2. The number of sulfone groups is 1. The zero-order valence-electron chi connectivity index (χ0n) is 12.3. The van der Waals surface area contributed by atoms with Gasteiger partial charge in [0.25, 0.3) is 0 Å². The second-order valence-corrected chi connectivity index (χ2v) is 9.46. The van der Waals surface area contributed by atoms with Crippen molar-refractivity contribution in [3.05, 3.63) is 33.3 Å². The maximum absolute atomic E-state index is 11.8. The van der Waals surface area contributed by atoms with Gasteiger partial charge in [-0.25, -0.2) is 8.42 Å². The van der Waals surface area contributed by atoms with Gasteiger partial charge >= 0.3 is 0 Å². The number of rotatable bonds is 4. The monoisotopic (exact) mass is 393 g/mol. The van der Waals surface area contributed by atoms with Crippen molar-refractivity contribution < 1.29 is 8.42 Å². The second kappa shape index (κ2) is 6.99. The lowest BCUT2D eigenvalue weighted by Crippen LogP contribution is -2.34. The van der Waals surface area contributed by atoms with Crippen LogP contribution in [0.1, 0.15) is 37.3 Å². The molecule has 1 aliphatic carbocycles. The predicted octanol–water partition coefficient (Wildman–Crippen LogP) is 3.97. The smallest absolute Gasteiger partial charge is 0.150 e. The van der Waals surface area contributed by atoms with Crippen LogP contribution in [-0.4, -0.2) is 27.0 Å². The Bertz CT molecular complexity index is 606. The molecule has 0 aromatic heterocycles. The minimum atomic E-state index is -2.97. The standard InChI is InChI=1S/C15H21BrClNO2S/c1-18-15(13-9-11(16)6-7-14(13)17)10-4-3-5-12(8-10)21(2,19)20/h6-7,9-10,12,15,18H,3-5,8H2,1-2H3. The van der Waals surface area contributed by atoms with Crippen LogP contribution < -0.4 is 5.32 Å². The molecule has 3 unspecified atom stereocenters. The molecule has 0 amide bonds. The van der Waals surface area contributed by atoms with Gasteiger partial charge in [-0.05, 0) is 56.0 Å². The van der Waals surface area contributed by atoms with E-state index in [9.17, 15) is 8.42 Å². The van der Waals surface area contributed by atoms with E-state index < -0.39 is 9.84 Å². The summed E-state index contributed by atoms with van der Waals surface area (Å²) in [5, 5.41) is 3.83. The van der Waals surface area contributed by atoms with Gasteiger partial charge in [-0.1, -0.05) is 34.0 Å². The van der Waals surface area contributed by atoms with Crippen molar-refractivity contribution in [1.29, 1.82) is 0 Å². The quantitative estimate of drug-likeness (QED) is 0.840. The summed E-state index contributed by atoms with van der Waals surface area (Å²) < 4.78 is 24.7. The Balaban J connectivity index is 2.27. The first-order chi connectivity index (χ1) is 9.82. The molecule has 3 nitrogen and oxygen atoms in total. The molecule has 2 rings (SSSR count). The topological polar surface area (TPSA) is 46.2 Å². The molecule has 6 heteroatoms. The van der Waals surface area contributed by atoms with Crippen molar-refractivity contribution in [2.75, 3.05) is 13.3 Å². The number of nitrogens with one attached hydrogen (secondary N) is 1. The molecule has 0 aliphatic heterocycles. The van der Waals surface area contributed by atoms with Crippen molar-refractivity contribution in [3.8, 4) is 0 Å². The van der Waals surface area contributed by atoms with Crippen LogP contribution in [0.15, 0.2) is 22.7 Å². The number of benzene rings is 1. The van der Waals surface area contributed by atoms with Crippen molar-refractivity contribution >= 4 is 37.4 Å². The van der Waals surface area contributed by atoms with Crippen LogP contribution >= 0.6 is 27.5 Å². The van der Waals surface area contributed by atoms with Crippen LogP contribution in [0.4, 0.5) is 0 Å². The van der Waals surface area contributed by atoms with Crippen LogP contribution in [0, 0.1) is 5.92 Å². The van der Waals surface area contributed by atoms with E-state index >= 15 is 0 Å². The van der Waals surface area contributed by atoms with Gasteiger partial charge in [-0.2, -0.15) is 0 Å². The van der Waals surface area contributed by atoms with Gasteiger partial charge in [-0.15, -0.1) is 0 Å². The van der Waals surface area contributed by atoms with Crippen LogP contribution in [0.25, 0.3) is 0 Å². The molecular weight excluding hydrogens is 374 g/mol. The third-order valence-electron chi connectivity index (χ3n) is 4.35. The number of hydrogen-bond donors (Lipinski definition) is 1. The molecule has 1 aliphatic rings. The van der Waals surface area contributed by atoms with E-state index in [2.05, 4.69) is 21.2 Å². The van der Waals surface area contributed by atoms with E-state index in [-0.39, 0.29) is 17.2 Å². The van der Waals surface area contributed by atoms with Crippen LogP contribution in [-0.2, 0) is 9.84 Å². The fourth-order valence-corrected chi connectivity index (χ4v) is 5.08. The summed E-state index contributed by atoms with van der Waals surface area (Å²) in [7, 11) is -1.06. The van der Waals surface area contributed by atoms with E-state index in [1.165, 1.54) is 6.26 Å². The van der Waals surface area contributed by atoms with Crippen molar-refractivity contribution in [2.24, 2.45) is 5.92 Å². The summed E-state index contributed by atoms with van der Waals surface area (Å²) in [5.41, 5.74) is 1.03. The molecule has 1 fully saturated rings. The molecule has 0 spiro atoms. The SMILES string of the molecule is CNC(c1cc(Br)ccc1Cl)C1CCCC(S(C)(=O)=O)C1. The van der Waals surface area contributed by atoms with Gasteiger partial charge in [0.2, 0.25) is 0 Å². The van der Waals surface area contributed by atoms with Crippen LogP contribution in [0.2, 0.25) is 5.02 Å². The molecule has 0 heterocycles. The highest BCUT2D eigenvalue weighted by atomic mass is 79.9. The van der Waals surface area contributed by atoms with Gasteiger partial charge < -0.3 is 5.32 Å². The van der Waals surface area contributed by atoms with E-state index in [0.29, 0.717) is 6.42 Å². The summed E-state index contributed by atoms with van der Waals surface area (Å²) in [6.07, 6.45) is 4.80. The summed E-state index contributed by atoms with van der Waals surface area (Å²) in [4.78, 5) is 0. The minimum Gasteiger partial charge on any atom is -0.313 e. The van der Waals surface area contributed by atoms with Gasteiger partial charge in [0.05, 0.1) is 5.25 Å². The fraction of sp³-hybridized carbons (Fsp3) is 0.600. The highest BCUT2D eigenvalue weighted by Gasteiger charge is 2.33. The summed E-state index contributed by atoms with van der Waals surface area (Å²) in [6, 6.07) is 5.90. The van der Waals surface area contributed by atoms with Crippen molar-refractivity contribution in [3.63, 3.8) is 0 Å². The van der Waals surface area contributed by atoms with Crippen LogP contribution in [0.3, 0.4) is 0 Å². The highest BCUT2D eigenvalue weighted by molar-refractivity contribution is 9.10. The van der Waals surface area contributed by atoms with Gasteiger partial charge in [0, 0.05) is 21.8 Å². The molecule has 3 atom stereocenters. The van der Waals surface area contributed by atoms with Gasteiger partial charge in [-0.3, -0.25) is 0 Å². The zero-order chi connectivity index (χ0) is 15.6. The average Bonchev–Trinajstić information content (AvgIpc) is 2.43. The summed E-state index contributed by atoms with van der Waals surface area (Å²) in [6.45, 7) is 0. The Kier molecular flexibility index (Phi) is 5.74. The molecule has 118 valence electrons. The third kappa shape index (κ3) is 4.21. The van der Waals surface area contributed by atoms with Crippen LogP contribution in [0.5, 0.6) is 0 Å². The average molecular weight is 395 g/mol. The Morgan fingerprint density at radius 2 is 2.10 bits per heavy atom. The Morgan fingerprint density at radius 1 is 1.38 bits per heavy atom. The Labute approximate surface area is 140 Å². The zero-order valence-corrected chi connectivity index (χ0v) is 15.4. The number of hydrogen-bond acceptors (Lipinski definition) is 3. The molecule has 1 saturated carbocycles. The first-order valence-corrected chi connectivity index (χ1v) is 10.3. The van der Waals surface area contributed by atoms with Crippen molar-refractivity contribution in [2.45, 2.75) is 37.0 Å². The Morgan fingerprint density at radius 3 is 2.71 bits per heavy atom. The molecule has 0 radical (unpaired) electrons. The lowest BCUT2D eigenvalue weighted by Gasteiger charge is -2.34. The normalized spacial score (nSPS) is 24.8. The first kappa shape index (κ1) is 17.3. The maximum Gasteiger partial charge on any atom is 0.150 e. The van der Waals surface area contributed by atoms with E-state index in [4.69, 9.17) is 11.6 Å². The van der Waals surface area contributed by atoms with Gasteiger partial charge in [0.1, 0.15) is 9.84 Å². The lowest BCUT2D eigenvalue weighted by molar-refractivity contribution is 0.282. The molecule has 0 saturated heterocycles.